The zero-order valence-corrected chi connectivity index (χ0v) is 45.6. The van der Waals surface area contributed by atoms with Gasteiger partial charge in [-0.05, 0) is 83.1 Å². The molecule has 0 aliphatic heterocycles. The molecule has 0 spiro atoms. The largest absolute Gasteiger partial charge is 1.00 e. The number of aromatic nitrogens is 12. The fourth-order valence-corrected chi connectivity index (χ4v) is 9.04. The Morgan fingerprint density at radius 2 is 1.15 bits per heavy atom. The fraction of sp³-hybridized carbons (Fsp3) is 0.489. The molecule has 4 fully saturated rings. The van der Waals surface area contributed by atoms with Crippen molar-refractivity contribution in [3.8, 4) is 0 Å². The third-order valence-corrected chi connectivity index (χ3v) is 13.3. The van der Waals surface area contributed by atoms with E-state index in [-0.39, 0.29) is 77.3 Å². The zero-order chi connectivity index (χ0) is 44.6. The molecular weight excluding hydrogens is 1010 g/mol. The normalized spacial score (nSPS) is 15.1. The summed E-state index contributed by atoms with van der Waals surface area (Å²) < 4.78 is 11.5. The van der Waals surface area contributed by atoms with Crippen LogP contribution in [0.1, 0.15) is 99.2 Å². The molecule has 8 heterocycles. The van der Waals surface area contributed by atoms with Gasteiger partial charge in [-0.15, -0.1) is 36.4 Å². The molecule has 0 unspecified atom stereocenters. The molecule has 8 aromatic rings. The molecule has 3 N–H and O–H groups in total. The molecule has 0 atom stereocenters. The molecule has 12 rings (SSSR count). The van der Waals surface area contributed by atoms with Crippen LogP contribution in [0.15, 0.2) is 36.9 Å². The number of imidazole rings is 2. The number of carbonyl (C=O) groups is 1. The monoisotopic (exact) mass is 1070 g/mol. The number of nitrogens with one attached hydrogen (secondary N) is 2. The maximum atomic E-state index is 13.7. The van der Waals surface area contributed by atoms with Gasteiger partial charge in [0.1, 0.15) is 28.0 Å². The standard InChI is InChI=1S/C23H28N8O.C17H18N7O.C7H12.ClH.HI.Na.H2O/c1-5-30-17(23(32)31(14-6-7-14)15-8-9-15)11-16-20-19(24-12-28(20)3)21(26-22(16)30)25-18-10-13(2)29(4)27-18;1-5-24-11(8-25)7-12-15-14(18-9-22(15)3)16(20-17(12)24)19-13-6-10(2)23(4)21-13;1-2-6(1)5-7-3-4-7;;;;/h10-12,14-15H,5-9H2,1-4H3,(H,25,26,27);6-7,9H,5H2,1-4H3,(H,19,20,21);6-7H,1-5H2;2*1H;;1H2/q;-1;;;;+1;/p-1. The van der Waals surface area contributed by atoms with Crippen molar-refractivity contribution in [3.05, 3.63) is 59.7 Å². The van der Waals surface area contributed by atoms with Crippen LogP contribution in [-0.4, -0.2) is 92.4 Å². The minimum Gasteiger partial charge on any atom is -0.870 e. The molecule has 21 heteroatoms. The summed E-state index contributed by atoms with van der Waals surface area (Å²) >= 11 is 0. The van der Waals surface area contributed by atoms with E-state index in [0.717, 1.165) is 92.7 Å². The van der Waals surface area contributed by atoms with Crippen LogP contribution in [0, 0.1) is 25.7 Å². The third-order valence-electron chi connectivity index (χ3n) is 13.3. The molecule has 4 saturated carbocycles. The second kappa shape index (κ2) is 21.2. The summed E-state index contributed by atoms with van der Waals surface area (Å²) in [5.41, 5.74) is 8.23. The van der Waals surface area contributed by atoms with E-state index in [2.05, 4.69) is 47.2 Å². The van der Waals surface area contributed by atoms with Crippen molar-refractivity contribution < 1.29 is 44.6 Å². The third kappa shape index (κ3) is 10.3. The smallest absolute Gasteiger partial charge is 0.870 e. The maximum absolute atomic E-state index is 13.7. The Morgan fingerprint density at radius 1 is 0.706 bits per heavy atom. The second-order valence-electron chi connectivity index (χ2n) is 18.3. The van der Waals surface area contributed by atoms with Gasteiger partial charge in [-0.2, -0.15) is 16.3 Å². The van der Waals surface area contributed by atoms with Crippen molar-refractivity contribution >= 4 is 116 Å². The van der Waals surface area contributed by atoms with Gasteiger partial charge in [0.2, 0.25) is 0 Å². The first kappa shape index (κ1) is 52.8. The Hall–Kier alpha value is -4.54. The molecule has 18 nitrogen and oxygen atoms in total. The number of halogens is 2. The van der Waals surface area contributed by atoms with Crippen LogP contribution in [0.5, 0.6) is 0 Å². The first-order chi connectivity index (χ1) is 30.9. The summed E-state index contributed by atoms with van der Waals surface area (Å²) in [6.07, 6.45) is 17.8. The molecule has 0 bridgehead atoms. The van der Waals surface area contributed by atoms with Crippen LogP contribution < -0.4 is 40.2 Å². The van der Waals surface area contributed by atoms with Crippen LogP contribution in [0.3, 0.4) is 0 Å². The van der Waals surface area contributed by atoms with E-state index in [1.54, 1.807) is 49.4 Å². The number of rotatable bonds is 12. The van der Waals surface area contributed by atoms with E-state index in [0.29, 0.717) is 48.3 Å². The number of hydrogen-bond donors (Lipinski definition) is 2. The van der Waals surface area contributed by atoms with E-state index in [1.807, 2.05) is 97.9 Å². The van der Waals surface area contributed by atoms with E-state index < -0.39 is 0 Å². The summed E-state index contributed by atoms with van der Waals surface area (Å²) in [6, 6.07) is 8.59. The van der Waals surface area contributed by atoms with Crippen LogP contribution in [-0.2, 0) is 46.1 Å². The van der Waals surface area contributed by atoms with Crippen molar-refractivity contribution in [2.45, 2.75) is 111 Å². The average molecular weight is 1070 g/mol. The topological polar surface area (TPSA) is 198 Å². The molecule has 4 aliphatic carbocycles. The molecule has 8 aromatic heterocycles. The van der Waals surface area contributed by atoms with Crippen LogP contribution in [0.25, 0.3) is 44.1 Å². The minimum atomic E-state index is 0. The van der Waals surface area contributed by atoms with Crippen molar-refractivity contribution in [1.29, 1.82) is 0 Å². The summed E-state index contributed by atoms with van der Waals surface area (Å²) in [6.45, 7) is 9.35. The van der Waals surface area contributed by atoms with Gasteiger partial charge in [-0.25, -0.2) is 19.9 Å². The van der Waals surface area contributed by atoms with Crippen LogP contribution in [0.2, 0.25) is 0 Å². The van der Waals surface area contributed by atoms with E-state index >= 15 is 0 Å². The summed E-state index contributed by atoms with van der Waals surface area (Å²) in [5.74, 6) is 5.21. The number of fused-ring (bicyclic) bond motifs is 6. The molecular formula is C47H61ClIN15NaO3-. The van der Waals surface area contributed by atoms with Gasteiger partial charge in [-0.3, -0.25) is 14.2 Å². The quantitative estimate of drug-likeness (QED) is 0.0859. The number of nitrogens with zero attached hydrogens (tertiary/aromatic N) is 13. The van der Waals surface area contributed by atoms with Gasteiger partial charge >= 0.3 is 29.6 Å². The summed E-state index contributed by atoms with van der Waals surface area (Å²) in [7, 11) is 7.72. The molecule has 68 heavy (non-hydrogen) atoms. The summed E-state index contributed by atoms with van der Waals surface area (Å²) in [5, 5.41) is 17.4. The molecule has 358 valence electrons. The molecule has 0 saturated heterocycles. The number of amides is 1. The first-order valence-electron chi connectivity index (χ1n) is 22.9. The van der Waals surface area contributed by atoms with Crippen molar-refractivity contribution in [1.82, 2.24) is 62.7 Å². The van der Waals surface area contributed by atoms with Crippen molar-refractivity contribution in [3.63, 3.8) is 0 Å². The number of hydrogen-bond acceptors (Lipinski definition) is 11. The Bertz CT molecular complexity index is 3030. The van der Waals surface area contributed by atoms with Gasteiger partial charge in [0.25, 0.3) is 5.91 Å². The van der Waals surface area contributed by atoms with Gasteiger partial charge in [0.05, 0.1) is 23.7 Å². The van der Waals surface area contributed by atoms with Gasteiger partial charge in [-0.1, -0.05) is 31.4 Å². The maximum Gasteiger partial charge on any atom is 1.00 e. The zero-order valence-electron chi connectivity index (χ0n) is 40.4. The van der Waals surface area contributed by atoms with E-state index in [9.17, 15) is 9.59 Å². The Labute approximate surface area is 441 Å². The molecule has 4 aliphatic rings. The fourth-order valence-electron chi connectivity index (χ4n) is 9.04. The van der Waals surface area contributed by atoms with E-state index in [1.165, 1.54) is 11.8 Å². The number of anilines is 4. The Balaban J connectivity index is 0.000000189. The minimum absolute atomic E-state index is 0. The molecule has 0 aromatic carbocycles. The van der Waals surface area contributed by atoms with Crippen LogP contribution in [0.4, 0.5) is 23.3 Å². The predicted octanol–water partition coefficient (Wildman–Crippen LogP) is 5.75. The van der Waals surface area contributed by atoms with Crippen LogP contribution >= 0.6 is 36.4 Å². The molecule has 1 amide bonds. The number of pyridine rings is 2. The average Bonchev–Trinajstić information content (AvgIpc) is 4.19. The Morgan fingerprint density at radius 3 is 1.53 bits per heavy atom. The van der Waals surface area contributed by atoms with E-state index in [4.69, 9.17) is 9.97 Å². The predicted molar refractivity (Wildman–Crippen MR) is 273 cm³/mol. The Kier molecular flexibility index (Phi) is 16.5. The summed E-state index contributed by atoms with van der Waals surface area (Å²) in [4.78, 5) is 45.9. The van der Waals surface area contributed by atoms with Crippen molar-refractivity contribution in [2.75, 3.05) is 10.6 Å². The number of carbonyl (C=O) groups excluding carboxylic acids is 2. The second-order valence-corrected chi connectivity index (χ2v) is 18.3. The van der Waals surface area contributed by atoms with Gasteiger partial charge < -0.3 is 44.1 Å². The van der Waals surface area contributed by atoms with Gasteiger partial charge in [0.15, 0.2) is 23.3 Å². The SMILES string of the molecule is C1CC1CC1CC1.CCn1c(C(=O)N(C2CC2)C2CC2)cc2c3c(ncn3C)c(Nc3cc(C)n(C)n3)nc21.CCn1c([C-]=O)cc2c3c(ncn3C)c(Nc3cc(C)n(C)n3)nc21.Cl.I.[Na+].[OH-]. The molecule has 0 radical (unpaired) electrons. The van der Waals surface area contributed by atoms with Crippen molar-refractivity contribution in [2.24, 2.45) is 40.0 Å². The number of aryl methyl sites for hydroxylation is 8. The first-order valence-corrected chi connectivity index (χ1v) is 22.9. The van der Waals surface area contributed by atoms with Gasteiger partial charge in [0, 0.05) is 88.6 Å².